The fourth-order valence-electron chi connectivity index (χ4n) is 3.66. The average Bonchev–Trinajstić information content (AvgIpc) is 3.37. The molecule has 0 saturated carbocycles. The minimum Gasteiger partial charge on any atom is -0.309 e. The van der Waals surface area contributed by atoms with Gasteiger partial charge in [-0.05, 0) is 56.8 Å². The molecule has 0 unspecified atom stereocenters. The number of carbonyl (C=O) groups excluding carboxylic acids is 1. The Bertz CT molecular complexity index is 914. The number of anilines is 1. The van der Waals surface area contributed by atoms with Gasteiger partial charge in [0.1, 0.15) is 5.82 Å². The molecule has 4 rings (SSSR count). The molecule has 0 bridgehead atoms. The zero-order chi connectivity index (χ0) is 18.8. The molecule has 1 aliphatic heterocycles. The Labute approximate surface area is 163 Å². The van der Waals surface area contributed by atoms with Crippen LogP contribution in [0.1, 0.15) is 35.0 Å². The van der Waals surface area contributed by atoms with E-state index in [1.807, 2.05) is 37.3 Å². The molecule has 1 saturated heterocycles. The van der Waals surface area contributed by atoms with Gasteiger partial charge in [0, 0.05) is 17.0 Å². The normalized spacial score (nSPS) is 17.3. The molecule has 6 heteroatoms. The molecule has 5 nitrogen and oxygen atoms in total. The van der Waals surface area contributed by atoms with E-state index in [-0.39, 0.29) is 5.91 Å². The van der Waals surface area contributed by atoms with Gasteiger partial charge in [-0.1, -0.05) is 23.8 Å². The fraction of sp³-hybridized carbons (Fsp3) is 0.333. The summed E-state index contributed by atoms with van der Waals surface area (Å²) in [6.45, 7) is 5.36. The summed E-state index contributed by atoms with van der Waals surface area (Å²) in [4.78, 5) is 16.4. The molecule has 27 heavy (non-hydrogen) atoms. The second kappa shape index (κ2) is 7.66. The van der Waals surface area contributed by atoms with Crippen molar-refractivity contribution < 1.29 is 4.79 Å². The molecule has 2 aromatic heterocycles. The highest BCUT2D eigenvalue weighted by Gasteiger charge is 2.28. The Morgan fingerprint density at radius 3 is 2.81 bits per heavy atom. The van der Waals surface area contributed by atoms with Gasteiger partial charge in [-0.3, -0.25) is 9.69 Å². The second-order valence-corrected chi connectivity index (χ2v) is 8.09. The molecule has 0 radical (unpaired) electrons. The number of thiophene rings is 1. The second-order valence-electron chi connectivity index (χ2n) is 7.11. The topological polar surface area (TPSA) is 50.2 Å². The maximum absolute atomic E-state index is 12.7. The third kappa shape index (κ3) is 3.96. The predicted octanol–water partition coefficient (Wildman–Crippen LogP) is 4.33. The number of likely N-dealkylation sites (tertiary alicyclic amines) is 1. The number of aryl methyl sites for hydroxylation is 2. The van der Waals surface area contributed by atoms with Gasteiger partial charge in [0.05, 0.1) is 17.9 Å². The van der Waals surface area contributed by atoms with Crippen molar-refractivity contribution in [2.24, 2.45) is 0 Å². The summed E-state index contributed by atoms with van der Waals surface area (Å²) in [7, 11) is 0. The lowest BCUT2D eigenvalue weighted by molar-refractivity contribution is -0.117. The van der Waals surface area contributed by atoms with Crippen molar-refractivity contribution >= 4 is 23.1 Å². The number of carbonyl (C=O) groups is 1. The van der Waals surface area contributed by atoms with E-state index in [2.05, 4.69) is 39.8 Å². The van der Waals surface area contributed by atoms with E-state index in [9.17, 15) is 4.79 Å². The minimum atomic E-state index is 0.00622. The summed E-state index contributed by atoms with van der Waals surface area (Å²) in [6, 6.07) is 14.7. The molecule has 0 spiro atoms. The third-order valence-corrected chi connectivity index (χ3v) is 5.93. The van der Waals surface area contributed by atoms with Crippen LogP contribution < -0.4 is 5.32 Å². The Morgan fingerprint density at radius 1 is 1.26 bits per heavy atom. The summed E-state index contributed by atoms with van der Waals surface area (Å²) < 4.78 is 1.80. The monoisotopic (exact) mass is 380 g/mol. The molecule has 1 fully saturated rings. The largest absolute Gasteiger partial charge is 0.309 e. The van der Waals surface area contributed by atoms with Crippen LogP contribution in [0.15, 0.2) is 47.8 Å². The summed E-state index contributed by atoms with van der Waals surface area (Å²) >= 11 is 1.77. The Hall–Kier alpha value is -2.44. The molecule has 1 aromatic carbocycles. The quantitative estimate of drug-likeness (QED) is 0.717. The van der Waals surface area contributed by atoms with Crippen LogP contribution in [-0.2, 0) is 4.79 Å². The number of aromatic nitrogens is 2. The highest BCUT2D eigenvalue weighted by molar-refractivity contribution is 7.10. The molecule has 3 heterocycles. The first-order valence-electron chi connectivity index (χ1n) is 9.31. The van der Waals surface area contributed by atoms with Gasteiger partial charge in [0.15, 0.2) is 0 Å². The number of nitrogens with one attached hydrogen (secondary N) is 1. The van der Waals surface area contributed by atoms with Crippen molar-refractivity contribution in [1.82, 2.24) is 14.7 Å². The molecular weight excluding hydrogens is 356 g/mol. The Kier molecular flexibility index (Phi) is 5.09. The first-order chi connectivity index (χ1) is 13.1. The van der Waals surface area contributed by atoms with Crippen LogP contribution in [-0.4, -0.2) is 33.7 Å². The first kappa shape index (κ1) is 17.9. The maximum atomic E-state index is 12.7. The van der Waals surface area contributed by atoms with Gasteiger partial charge in [-0.25, -0.2) is 4.68 Å². The van der Waals surface area contributed by atoms with E-state index >= 15 is 0 Å². The van der Waals surface area contributed by atoms with Gasteiger partial charge in [-0.2, -0.15) is 5.10 Å². The summed E-state index contributed by atoms with van der Waals surface area (Å²) in [6.07, 6.45) is 2.25. The summed E-state index contributed by atoms with van der Waals surface area (Å²) in [5.41, 5.74) is 3.02. The highest BCUT2D eigenvalue weighted by Crippen LogP contribution is 2.34. The van der Waals surface area contributed by atoms with Crippen LogP contribution in [0.5, 0.6) is 0 Å². The average molecular weight is 381 g/mol. The number of amides is 1. The van der Waals surface area contributed by atoms with E-state index in [4.69, 9.17) is 0 Å². The lowest BCUT2D eigenvalue weighted by atomic mass is 10.2. The Balaban J connectivity index is 1.48. The van der Waals surface area contributed by atoms with Crippen LogP contribution in [0.25, 0.3) is 5.69 Å². The van der Waals surface area contributed by atoms with Crippen LogP contribution in [0, 0.1) is 13.8 Å². The number of hydrogen-bond donors (Lipinski definition) is 1. The molecule has 1 aliphatic rings. The molecule has 3 aromatic rings. The van der Waals surface area contributed by atoms with Crippen molar-refractivity contribution in [3.8, 4) is 5.69 Å². The molecule has 1 atom stereocenters. The van der Waals surface area contributed by atoms with Crippen molar-refractivity contribution in [3.05, 3.63) is 64.0 Å². The lowest BCUT2D eigenvalue weighted by Crippen LogP contribution is -2.33. The summed E-state index contributed by atoms with van der Waals surface area (Å²) in [5.74, 6) is 0.722. The van der Waals surface area contributed by atoms with Crippen LogP contribution in [0.2, 0.25) is 0 Å². The molecule has 140 valence electrons. The number of rotatable bonds is 5. The minimum absolute atomic E-state index is 0.00622. The van der Waals surface area contributed by atoms with E-state index < -0.39 is 0 Å². The molecular formula is C21H24N4OS. The van der Waals surface area contributed by atoms with E-state index in [0.29, 0.717) is 18.4 Å². The fourth-order valence-corrected chi connectivity index (χ4v) is 4.55. The van der Waals surface area contributed by atoms with E-state index in [0.717, 1.165) is 30.8 Å². The van der Waals surface area contributed by atoms with Gasteiger partial charge < -0.3 is 5.32 Å². The zero-order valence-electron chi connectivity index (χ0n) is 15.7. The van der Waals surface area contributed by atoms with Gasteiger partial charge in [-0.15, -0.1) is 11.3 Å². The first-order valence-corrected chi connectivity index (χ1v) is 10.2. The molecule has 0 aliphatic carbocycles. The van der Waals surface area contributed by atoms with E-state index in [1.54, 1.807) is 16.0 Å². The standard InChI is InChI=1S/C21H24N4OS/c1-15-7-9-17(10-8-15)25-20(13-16(2)23-25)22-21(26)14-24-11-3-5-18(24)19-6-4-12-27-19/h4,6-10,12-13,18H,3,5,11,14H2,1-2H3,(H,22,26)/t18-/m0/s1. The number of nitrogens with zero attached hydrogens (tertiary/aromatic N) is 3. The van der Waals surface area contributed by atoms with Crippen molar-refractivity contribution in [1.29, 1.82) is 0 Å². The summed E-state index contributed by atoms with van der Waals surface area (Å²) in [5, 5.41) is 9.71. The Morgan fingerprint density at radius 2 is 2.07 bits per heavy atom. The van der Waals surface area contributed by atoms with Gasteiger partial charge in [0.25, 0.3) is 0 Å². The van der Waals surface area contributed by atoms with Crippen molar-refractivity contribution in [2.75, 3.05) is 18.4 Å². The van der Waals surface area contributed by atoms with Crippen LogP contribution in [0.4, 0.5) is 5.82 Å². The smallest absolute Gasteiger partial charge is 0.239 e. The number of benzene rings is 1. The van der Waals surface area contributed by atoms with Crippen molar-refractivity contribution in [2.45, 2.75) is 32.7 Å². The van der Waals surface area contributed by atoms with Gasteiger partial charge >= 0.3 is 0 Å². The highest BCUT2D eigenvalue weighted by atomic mass is 32.1. The predicted molar refractivity (Wildman–Crippen MR) is 110 cm³/mol. The van der Waals surface area contributed by atoms with E-state index in [1.165, 1.54) is 10.4 Å². The molecule has 1 amide bonds. The van der Waals surface area contributed by atoms with Crippen molar-refractivity contribution in [3.63, 3.8) is 0 Å². The van der Waals surface area contributed by atoms with Crippen LogP contribution in [0.3, 0.4) is 0 Å². The lowest BCUT2D eigenvalue weighted by Gasteiger charge is -2.23. The molecule has 1 N–H and O–H groups in total. The number of hydrogen-bond acceptors (Lipinski definition) is 4. The van der Waals surface area contributed by atoms with Gasteiger partial charge in [0.2, 0.25) is 5.91 Å². The third-order valence-electron chi connectivity index (χ3n) is 4.96. The van der Waals surface area contributed by atoms with Crippen LogP contribution >= 0.6 is 11.3 Å². The maximum Gasteiger partial charge on any atom is 0.239 e. The zero-order valence-corrected chi connectivity index (χ0v) is 16.5. The SMILES string of the molecule is Cc1ccc(-n2nc(C)cc2NC(=O)CN2CCC[C@H]2c2cccs2)cc1.